The lowest BCUT2D eigenvalue weighted by molar-refractivity contribution is -0.118. The number of hydrogen-bond acceptors (Lipinski definition) is 4. The molecule has 0 saturated heterocycles. The average Bonchev–Trinajstić information content (AvgIpc) is 2.73. The van der Waals surface area contributed by atoms with Gasteiger partial charge in [-0.05, 0) is 29.8 Å². The van der Waals surface area contributed by atoms with Crippen LogP contribution in [0.25, 0.3) is 0 Å². The first-order valence-corrected chi connectivity index (χ1v) is 6.15. The lowest BCUT2D eigenvalue weighted by Gasteiger charge is -2.25. The van der Waals surface area contributed by atoms with Crippen LogP contribution in [0.1, 0.15) is 19.3 Å². The monoisotopic (exact) mass is 231 g/mol. The van der Waals surface area contributed by atoms with E-state index in [-0.39, 0.29) is 0 Å². The first-order valence-electron chi connectivity index (χ1n) is 6.15. The third-order valence-electron chi connectivity index (χ3n) is 3.51. The molecule has 3 aliphatic rings. The summed E-state index contributed by atoms with van der Waals surface area (Å²) in [5.74, 6) is 0.383. The Hall–Kier alpha value is -1.55. The first-order chi connectivity index (χ1) is 8.33. The number of ketones is 1. The van der Waals surface area contributed by atoms with Crippen LogP contribution < -0.4 is 10.7 Å². The van der Waals surface area contributed by atoms with E-state index < -0.39 is 0 Å². The molecule has 4 heteroatoms. The Bertz CT molecular complexity index is 434. The summed E-state index contributed by atoms with van der Waals surface area (Å²) < 4.78 is 0. The van der Waals surface area contributed by atoms with Gasteiger partial charge in [-0.15, -0.1) is 0 Å². The van der Waals surface area contributed by atoms with E-state index in [1.54, 1.807) is 0 Å². The van der Waals surface area contributed by atoms with Gasteiger partial charge in [0.1, 0.15) is 5.78 Å². The van der Waals surface area contributed by atoms with Crippen LogP contribution in [0.3, 0.4) is 0 Å². The molecule has 0 bridgehead atoms. The molecule has 0 aromatic rings. The molecule has 3 rings (SSSR count). The van der Waals surface area contributed by atoms with Gasteiger partial charge in [0.15, 0.2) is 0 Å². The zero-order valence-electron chi connectivity index (χ0n) is 9.83. The van der Waals surface area contributed by atoms with E-state index in [4.69, 9.17) is 0 Å². The predicted molar refractivity (Wildman–Crippen MR) is 65.8 cm³/mol. The second kappa shape index (κ2) is 4.37. The first kappa shape index (κ1) is 10.6. The van der Waals surface area contributed by atoms with E-state index in [9.17, 15) is 4.79 Å². The Morgan fingerprint density at radius 2 is 2.29 bits per heavy atom. The van der Waals surface area contributed by atoms with Crippen molar-refractivity contribution in [3.63, 3.8) is 0 Å². The molecule has 1 aliphatic carbocycles. The van der Waals surface area contributed by atoms with Crippen molar-refractivity contribution in [1.82, 2.24) is 15.8 Å². The molecule has 0 radical (unpaired) electrons. The Balaban J connectivity index is 1.71. The van der Waals surface area contributed by atoms with Crippen LogP contribution in [0, 0.1) is 0 Å². The fraction of sp³-hybridized carbons (Fsp3) is 0.462. The number of carbonyl (C=O) groups is 1. The van der Waals surface area contributed by atoms with Gasteiger partial charge in [-0.2, -0.15) is 0 Å². The van der Waals surface area contributed by atoms with Crippen LogP contribution >= 0.6 is 0 Å². The maximum Gasteiger partial charge on any atom is 0.137 e. The van der Waals surface area contributed by atoms with E-state index in [0.717, 1.165) is 26.1 Å². The molecular formula is C13H17N3O. The van der Waals surface area contributed by atoms with Crippen molar-refractivity contribution < 1.29 is 4.79 Å². The molecule has 2 N–H and O–H groups in total. The molecule has 2 aliphatic heterocycles. The van der Waals surface area contributed by atoms with Crippen LogP contribution in [0.5, 0.6) is 0 Å². The molecule has 0 aromatic carbocycles. The molecule has 2 heterocycles. The van der Waals surface area contributed by atoms with E-state index >= 15 is 0 Å². The minimum Gasteiger partial charge on any atom is -0.387 e. The Morgan fingerprint density at radius 3 is 3.12 bits per heavy atom. The number of rotatable bonds is 2. The van der Waals surface area contributed by atoms with E-state index in [1.807, 2.05) is 6.20 Å². The summed E-state index contributed by atoms with van der Waals surface area (Å²) in [6.07, 6.45) is 8.55. The van der Waals surface area contributed by atoms with Crippen LogP contribution in [-0.2, 0) is 4.79 Å². The number of Topliss-reactive ketones (excluding diaryl/α,β-unsaturated/α-hetero) is 1. The van der Waals surface area contributed by atoms with Gasteiger partial charge in [-0.3, -0.25) is 4.79 Å². The molecule has 90 valence electrons. The minimum absolute atomic E-state index is 0.383. The molecular weight excluding hydrogens is 214 g/mol. The topological polar surface area (TPSA) is 44.4 Å². The van der Waals surface area contributed by atoms with Gasteiger partial charge in [0, 0.05) is 31.6 Å². The average molecular weight is 231 g/mol. The molecule has 0 atom stereocenters. The number of hydrogen-bond donors (Lipinski definition) is 2. The number of allylic oxidation sites excluding steroid dienone is 1. The van der Waals surface area contributed by atoms with Crippen LogP contribution in [0.15, 0.2) is 35.2 Å². The zero-order valence-corrected chi connectivity index (χ0v) is 9.83. The van der Waals surface area contributed by atoms with E-state index in [2.05, 4.69) is 27.9 Å². The van der Waals surface area contributed by atoms with E-state index in [1.165, 1.54) is 16.8 Å². The smallest absolute Gasteiger partial charge is 0.137 e. The molecule has 0 amide bonds. The quantitative estimate of drug-likeness (QED) is 0.740. The van der Waals surface area contributed by atoms with Crippen molar-refractivity contribution in [2.45, 2.75) is 19.3 Å². The maximum absolute atomic E-state index is 11.4. The van der Waals surface area contributed by atoms with Gasteiger partial charge in [0.2, 0.25) is 0 Å². The van der Waals surface area contributed by atoms with Crippen molar-refractivity contribution >= 4 is 5.78 Å². The fourth-order valence-electron chi connectivity index (χ4n) is 2.58. The third-order valence-corrected chi connectivity index (χ3v) is 3.51. The highest BCUT2D eigenvalue weighted by Crippen LogP contribution is 2.28. The highest BCUT2D eigenvalue weighted by atomic mass is 16.1. The van der Waals surface area contributed by atoms with Gasteiger partial charge in [-0.25, -0.2) is 5.43 Å². The molecule has 0 spiro atoms. The summed E-state index contributed by atoms with van der Waals surface area (Å²) >= 11 is 0. The summed E-state index contributed by atoms with van der Waals surface area (Å²) in [7, 11) is 0. The van der Waals surface area contributed by atoms with Crippen LogP contribution in [-0.4, -0.2) is 30.4 Å². The summed E-state index contributed by atoms with van der Waals surface area (Å²) in [6.45, 7) is 2.64. The summed E-state index contributed by atoms with van der Waals surface area (Å²) in [6, 6.07) is 0. The maximum atomic E-state index is 11.4. The Kier molecular flexibility index (Phi) is 2.73. The molecule has 0 fully saturated rings. The molecule has 0 aromatic heterocycles. The number of dihydropyridines is 1. The normalized spacial score (nSPS) is 23.6. The Morgan fingerprint density at radius 1 is 1.35 bits per heavy atom. The van der Waals surface area contributed by atoms with Crippen LogP contribution in [0.2, 0.25) is 0 Å². The second-order valence-corrected chi connectivity index (χ2v) is 4.71. The number of hydrazine groups is 1. The van der Waals surface area contributed by atoms with Crippen LogP contribution in [0.4, 0.5) is 0 Å². The molecule has 0 saturated carbocycles. The van der Waals surface area contributed by atoms with Crippen molar-refractivity contribution in [2.24, 2.45) is 0 Å². The highest BCUT2D eigenvalue weighted by molar-refractivity contribution is 5.82. The van der Waals surface area contributed by atoms with Crippen molar-refractivity contribution in [3.05, 3.63) is 35.2 Å². The largest absolute Gasteiger partial charge is 0.387 e. The predicted octanol–water partition coefficient (Wildman–Crippen LogP) is 0.857. The van der Waals surface area contributed by atoms with E-state index in [0.29, 0.717) is 18.6 Å². The van der Waals surface area contributed by atoms with Gasteiger partial charge >= 0.3 is 0 Å². The third kappa shape index (κ3) is 2.13. The summed E-state index contributed by atoms with van der Waals surface area (Å²) in [4.78, 5) is 11.4. The SMILES string of the molecule is O=C1CCC2=C(CNN2CC2=CCNC=C2)C1. The van der Waals surface area contributed by atoms with Gasteiger partial charge in [-0.1, -0.05) is 6.08 Å². The fourth-order valence-corrected chi connectivity index (χ4v) is 2.58. The number of nitrogens with zero attached hydrogens (tertiary/aromatic N) is 1. The van der Waals surface area contributed by atoms with Gasteiger partial charge < -0.3 is 10.3 Å². The summed E-state index contributed by atoms with van der Waals surface area (Å²) in [5.41, 5.74) is 7.34. The highest BCUT2D eigenvalue weighted by Gasteiger charge is 2.27. The standard InChI is InChI=1S/C13H17N3O/c17-12-1-2-13-11(7-12)8-15-16(13)9-10-3-5-14-6-4-10/h3-5,14-15H,1-2,6-9H2. The lowest BCUT2D eigenvalue weighted by atomic mass is 9.96. The van der Waals surface area contributed by atoms with Gasteiger partial charge in [0.25, 0.3) is 0 Å². The van der Waals surface area contributed by atoms with Crippen molar-refractivity contribution in [3.8, 4) is 0 Å². The minimum atomic E-state index is 0.383. The molecule has 0 unspecified atom stereocenters. The van der Waals surface area contributed by atoms with Crippen molar-refractivity contribution in [2.75, 3.05) is 19.6 Å². The number of nitrogens with one attached hydrogen (secondary N) is 2. The summed E-state index contributed by atoms with van der Waals surface area (Å²) in [5, 5.41) is 5.36. The van der Waals surface area contributed by atoms with Gasteiger partial charge in [0.05, 0.1) is 6.54 Å². The Labute approximate surface area is 101 Å². The number of carbonyl (C=O) groups excluding carboxylic acids is 1. The molecule has 17 heavy (non-hydrogen) atoms. The lowest BCUT2D eigenvalue weighted by Crippen LogP contribution is -2.34. The second-order valence-electron chi connectivity index (χ2n) is 4.71. The molecule has 4 nitrogen and oxygen atoms in total. The van der Waals surface area contributed by atoms with Crippen molar-refractivity contribution in [1.29, 1.82) is 0 Å². The zero-order chi connectivity index (χ0) is 11.7.